The molecule has 2 unspecified atom stereocenters. The van der Waals surface area contributed by atoms with E-state index in [4.69, 9.17) is 5.11 Å². The van der Waals surface area contributed by atoms with Gasteiger partial charge < -0.3 is 20.0 Å². The number of benzene rings is 1. The molecule has 164 valence electrons. The molecular formula is C20H21F2N5O3S. The molecule has 1 fully saturated rings. The predicted octanol–water partition coefficient (Wildman–Crippen LogP) is 2.74. The van der Waals surface area contributed by atoms with Crippen molar-refractivity contribution in [1.29, 1.82) is 0 Å². The second-order valence-electron chi connectivity index (χ2n) is 7.32. The monoisotopic (exact) mass is 449 g/mol. The van der Waals surface area contributed by atoms with E-state index in [1.807, 2.05) is 6.92 Å². The number of nitrogens with one attached hydrogen (secondary N) is 1. The predicted molar refractivity (Wildman–Crippen MR) is 113 cm³/mol. The Morgan fingerprint density at radius 1 is 1.35 bits per heavy atom. The fraction of sp³-hybridized carbons (Fsp3) is 0.350. The number of aromatic nitrogens is 2. The summed E-state index contributed by atoms with van der Waals surface area (Å²) in [6.07, 6.45) is 0.147. The van der Waals surface area contributed by atoms with Gasteiger partial charge in [-0.2, -0.15) is 0 Å². The number of aliphatic hydroxyl groups excluding tert-OH is 2. The van der Waals surface area contributed by atoms with Gasteiger partial charge in [0.15, 0.2) is 16.8 Å². The molecule has 3 heterocycles. The highest BCUT2D eigenvalue weighted by Crippen LogP contribution is 2.28. The van der Waals surface area contributed by atoms with Gasteiger partial charge in [-0.3, -0.25) is 5.32 Å². The molecular weight excluding hydrogens is 428 g/mol. The molecule has 2 amide bonds. The number of carbonyl (C=O) groups is 1. The van der Waals surface area contributed by atoms with Crippen molar-refractivity contribution < 1.29 is 23.8 Å². The number of thiazole rings is 1. The van der Waals surface area contributed by atoms with E-state index in [1.54, 1.807) is 15.9 Å². The first kappa shape index (κ1) is 21.3. The first-order chi connectivity index (χ1) is 14.9. The number of halogens is 2. The molecule has 3 aromatic rings. The van der Waals surface area contributed by atoms with E-state index in [2.05, 4.69) is 15.3 Å². The van der Waals surface area contributed by atoms with Crippen LogP contribution >= 0.6 is 11.3 Å². The molecule has 0 radical (unpaired) electrons. The van der Waals surface area contributed by atoms with E-state index in [-0.39, 0.29) is 29.3 Å². The van der Waals surface area contributed by atoms with Crippen LogP contribution in [0.5, 0.6) is 0 Å². The third kappa shape index (κ3) is 4.43. The van der Waals surface area contributed by atoms with Crippen LogP contribution in [0.4, 0.5) is 24.5 Å². The summed E-state index contributed by atoms with van der Waals surface area (Å²) in [5, 5.41) is 21.8. The van der Waals surface area contributed by atoms with Crippen molar-refractivity contribution in [2.24, 2.45) is 0 Å². The van der Waals surface area contributed by atoms with Crippen LogP contribution in [-0.4, -0.2) is 63.4 Å². The number of anilines is 2. The number of nitrogens with zero attached hydrogens (tertiary/aromatic N) is 4. The van der Waals surface area contributed by atoms with E-state index in [0.29, 0.717) is 35.0 Å². The van der Waals surface area contributed by atoms with Crippen molar-refractivity contribution >= 4 is 38.5 Å². The van der Waals surface area contributed by atoms with E-state index in [1.165, 1.54) is 29.7 Å². The van der Waals surface area contributed by atoms with E-state index in [9.17, 15) is 18.7 Å². The molecule has 11 heteroatoms. The SMILES string of the molecule is CC1CN(c2ncc(C(O)CO)cc2F)CCN1C(=O)Nc1nc2ccc(F)cc2s1. The van der Waals surface area contributed by atoms with Crippen molar-refractivity contribution in [3.8, 4) is 0 Å². The zero-order valence-electron chi connectivity index (χ0n) is 16.6. The average Bonchev–Trinajstić information content (AvgIpc) is 3.14. The average molecular weight is 449 g/mol. The summed E-state index contributed by atoms with van der Waals surface area (Å²) in [5.74, 6) is -0.829. The van der Waals surface area contributed by atoms with Gasteiger partial charge in [-0.15, -0.1) is 0 Å². The third-order valence-electron chi connectivity index (χ3n) is 5.15. The van der Waals surface area contributed by atoms with Crippen molar-refractivity contribution in [2.45, 2.75) is 19.1 Å². The van der Waals surface area contributed by atoms with E-state index >= 15 is 0 Å². The molecule has 2 aromatic heterocycles. The van der Waals surface area contributed by atoms with Gasteiger partial charge in [0.05, 0.1) is 16.8 Å². The molecule has 0 aliphatic carbocycles. The van der Waals surface area contributed by atoms with Crippen LogP contribution in [0.15, 0.2) is 30.5 Å². The fourth-order valence-corrected chi connectivity index (χ4v) is 4.41. The summed E-state index contributed by atoms with van der Waals surface area (Å²) >= 11 is 1.19. The molecule has 2 atom stereocenters. The normalized spacial score (nSPS) is 17.8. The van der Waals surface area contributed by atoms with Gasteiger partial charge in [0.2, 0.25) is 0 Å². The Balaban J connectivity index is 1.42. The van der Waals surface area contributed by atoms with Crippen LogP contribution in [0.2, 0.25) is 0 Å². The Labute approximate surface area is 180 Å². The highest BCUT2D eigenvalue weighted by atomic mass is 32.1. The molecule has 1 aromatic carbocycles. The van der Waals surface area contributed by atoms with Gasteiger partial charge in [-0.05, 0) is 31.2 Å². The van der Waals surface area contributed by atoms with Crippen LogP contribution < -0.4 is 10.2 Å². The maximum absolute atomic E-state index is 14.5. The highest BCUT2D eigenvalue weighted by molar-refractivity contribution is 7.22. The van der Waals surface area contributed by atoms with Crippen LogP contribution in [0.3, 0.4) is 0 Å². The number of carbonyl (C=O) groups excluding carboxylic acids is 1. The second kappa shape index (κ2) is 8.69. The minimum Gasteiger partial charge on any atom is -0.393 e. The quantitative estimate of drug-likeness (QED) is 0.566. The number of aliphatic hydroxyl groups is 2. The van der Waals surface area contributed by atoms with Crippen LogP contribution in [-0.2, 0) is 0 Å². The molecule has 1 aliphatic rings. The molecule has 4 rings (SSSR count). The number of hydrogen-bond acceptors (Lipinski definition) is 7. The van der Waals surface area contributed by atoms with Gasteiger partial charge >= 0.3 is 6.03 Å². The zero-order chi connectivity index (χ0) is 22.1. The Morgan fingerprint density at radius 2 is 2.16 bits per heavy atom. The first-order valence-electron chi connectivity index (χ1n) is 9.68. The van der Waals surface area contributed by atoms with Gasteiger partial charge in [-0.1, -0.05) is 11.3 Å². The minimum absolute atomic E-state index is 0.133. The Kier molecular flexibility index (Phi) is 5.99. The fourth-order valence-electron chi connectivity index (χ4n) is 3.53. The maximum Gasteiger partial charge on any atom is 0.324 e. The summed E-state index contributed by atoms with van der Waals surface area (Å²) in [4.78, 5) is 24.5. The van der Waals surface area contributed by atoms with Crippen molar-refractivity contribution in [3.05, 3.63) is 47.7 Å². The number of amides is 2. The largest absolute Gasteiger partial charge is 0.393 e. The first-order valence-corrected chi connectivity index (χ1v) is 10.5. The lowest BCUT2D eigenvalue weighted by molar-refractivity contribution is 0.0951. The summed E-state index contributed by atoms with van der Waals surface area (Å²) in [6, 6.07) is 4.84. The minimum atomic E-state index is -1.19. The standard InChI is InChI=1S/C20H21F2N5O3S/c1-11-9-26(18-14(22)6-12(8-23-18)16(29)10-28)4-5-27(11)20(30)25-19-24-15-3-2-13(21)7-17(15)31-19/h2-3,6-8,11,16,28-29H,4-5,9-10H2,1H3,(H,24,25,30). The van der Waals surface area contributed by atoms with E-state index in [0.717, 1.165) is 6.07 Å². The smallest absolute Gasteiger partial charge is 0.324 e. The lowest BCUT2D eigenvalue weighted by atomic mass is 10.1. The summed E-state index contributed by atoms with van der Waals surface area (Å²) in [7, 11) is 0. The Hall–Kier alpha value is -2.89. The lowest BCUT2D eigenvalue weighted by Crippen LogP contribution is -2.55. The number of piperazine rings is 1. The molecule has 8 nitrogen and oxygen atoms in total. The molecule has 0 bridgehead atoms. The molecule has 1 aliphatic heterocycles. The number of hydrogen-bond donors (Lipinski definition) is 3. The number of pyridine rings is 1. The third-order valence-corrected chi connectivity index (χ3v) is 6.09. The second-order valence-corrected chi connectivity index (χ2v) is 8.35. The topological polar surface area (TPSA) is 102 Å². The number of fused-ring (bicyclic) bond motifs is 1. The molecule has 0 saturated carbocycles. The maximum atomic E-state index is 14.5. The summed E-state index contributed by atoms with van der Waals surface area (Å²) < 4.78 is 28.5. The molecule has 1 saturated heterocycles. The molecule has 0 spiro atoms. The lowest BCUT2D eigenvalue weighted by Gasteiger charge is -2.40. The molecule has 3 N–H and O–H groups in total. The van der Waals surface area contributed by atoms with Crippen molar-refractivity contribution in [1.82, 2.24) is 14.9 Å². The van der Waals surface area contributed by atoms with Gasteiger partial charge in [0.1, 0.15) is 11.9 Å². The highest BCUT2D eigenvalue weighted by Gasteiger charge is 2.30. The molecule has 31 heavy (non-hydrogen) atoms. The summed E-state index contributed by atoms with van der Waals surface area (Å²) in [6.45, 7) is 2.41. The Morgan fingerprint density at radius 3 is 2.87 bits per heavy atom. The zero-order valence-corrected chi connectivity index (χ0v) is 17.4. The van der Waals surface area contributed by atoms with Crippen molar-refractivity contribution in [3.63, 3.8) is 0 Å². The van der Waals surface area contributed by atoms with Gasteiger partial charge in [-0.25, -0.2) is 23.5 Å². The Bertz CT molecular complexity index is 1110. The number of rotatable bonds is 4. The van der Waals surface area contributed by atoms with E-state index < -0.39 is 18.5 Å². The van der Waals surface area contributed by atoms with Gasteiger partial charge in [0.25, 0.3) is 0 Å². The van der Waals surface area contributed by atoms with Crippen LogP contribution in [0.1, 0.15) is 18.6 Å². The van der Waals surface area contributed by atoms with Crippen LogP contribution in [0.25, 0.3) is 10.2 Å². The number of urea groups is 1. The van der Waals surface area contributed by atoms with Gasteiger partial charge in [0, 0.05) is 37.4 Å². The summed E-state index contributed by atoms with van der Waals surface area (Å²) in [5.41, 5.74) is 0.807. The van der Waals surface area contributed by atoms with Crippen molar-refractivity contribution in [2.75, 3.05) is 36.5 Å². The van der Waals surface area contributed by atoms with Crippen LogP contribution in [0, 0.1) is 11.6 Å².